The Hall–Kier alpha value is -1.43. The van der Waals surface area contributed by atoms with Crippen molar-refractivity contribution in [2.45, 2.75) is 38.9 Å². The molecule has 1 N–H and O–H groups in total. The zero-order valence-electron chi connectivity index (χ0n) is 11.1. The van der Waals surface area contributed by atoms with Crippen LogP contribution < -0.4 is 5.32 Å². The molecule has 0 spiro atoms. The molecule has 0 atom stereocenters. The predicted octanol–water partition coefficient (Wildman–Crippen LogP) is 3.06. The van der Waals surface area contributed by atoms with Crippen molar-refractivity contribution in [2.24, 2.45) is 0 Å². The number of alkyl halides is 3. The van der Waals surface area contributed by atoms with Crippen molar-refractivity contribution in [2.75, 3.05) is 6.54 Å². The second-order valence-electron chi connectivity index (χ2n) is 5.27. The normalized spacial score (nSPS) is 12.5. The number of aromatic nitrogens is 1. The van der Waals surface area contributed by atoms with E-state index < -0.39 is 17.5 Å². The quantitative estimate of drug-likeness (QED) is 0.858. The van der Waals surface area contributed by atoms with E-state index in [0.29, 0.717) is 6.54 Å². The Morgan fingerprint density at radius 2 is 1.95 bits per heavy atom. The maximum absolute atomic E-state index is 12.7. The molecule has 0 aliphatic heterocycles. The summed E-state index contributed by atoms with van der Waals surface area (Å²) >= 11 is 0. The largest absolute Gasteiger partial charge is 0.417 e. The Morgan fingerprint density at radius 3 is 2.47 bits per heavy atom. The fraction of sp³-hybridized carbons (Fsp3) is 0.538. The van der Waals surface area contributed by atoms with E-state index >= 15 is 0 Å². The first-order valence-electron chi connectivity index (χ1n) is 5.91. The lowest BCUT2D eigenvalue weighted by molar-refractivity contribution is -0.138. The van der Waals surface area contributed by atoms with Gasteiger partial charge in [0.25, 0.3) is 0 Å². The first kappa shape index (κ1) is 15.6. The number of halogens is 3. The minimum Gasteiger partial charge on any atom is -0.312 e. The third-order valence-electron chi connectivity index (χ3n) is 2.43. The molecule has 0 amide bonds. The van der Waals surface area contributed by atoms with Crippen LogP contribution in [0.5, 0.6) is 0 Å². The van der Waals surface area contributed by atoms with Crippen LogP contribution in [0.3, 0.4) is 0 Å². The number of rotatable bonds is 4. The van der Waals surface area contributed by atoms with Crippen molar-refractivity contribution in [3.63, 3.8) is 0 Å². The number of nitrogens with one attached hydrogen (secondary N) is 1. The van der Waals surface area contributed by atoms with Gasteiger partial charge < -0.3 is 5.32 Å². The number of hydrogen-bond donors (Lipinski definition) is 1. The lowest BCUT2D eigenvalue weighted by atomic mass is 10.0. The number of nitrogens with zero attached hydrogens (tertiary/aromatic N) is 1. The molecular weight excluding hydrogens is 257 g/mol. The summed E-state index contributed by atoms with van der Waals surface area (Å²) in [4.78, 5) is 15.4. The van der Waals surface area contributed by atoms with Gasteiger partial charge in [-0.1, -0.05) is 0 Å². The van der Waals surface area contributed by atoms with Gasteiger partial charge in [0.15, 0.2) is 5.78 Å². The number of carbonyl (C=O) groups excluding carboxylic acids is 1. The van der Waals surface area contributed by atoms with Crippen molar-refractivity contribution in [1.29, 1.82) is 0 Å². The van der Waals surface area contributed by atoms with Gasteiger partial charge in [0.05, 0.1) is 5.56 Å². The van der Waals surface area contributed by atoms with Crippen LogP contribution in [0.25, 0.3) is 0 Å². The monoisotopic (exact) mass is 274 g/mol. The summed E-state index contributed by atoms with van der Waals surface area (Å²) < 4.78 is 38.2. The molecule has 0 aromatic carbocycles. The SMILES string of the molecule is CC(C)(C)NCCC(=O)c1cnccc1C(F)(F)F. The molecule has 0 saturated carbocycles. The van der Waals surface area contributed by atoms with Crippen LogP contribution in [0, 0.1) is 0 Å². The molecule has 3 nitrogen and oxygen atoms in total. The Kier molecular flexibility index (Phi) is 4.68. The van der Waals surface area contributed by atoms with Crippen LogP contribution in [0.2, 0.25) is 0 Å². The van der Waals surface area contributed by atoms with E-state index in [2.05, 4.69) is 10.3 Å². The molecule has 1 rings (SSSR count). The molecule has 19 heavy (non-hydrogen) atoms. The van der Waals surface area contributed by atoms with Crippen molar-refractivity contribution in [1.82, 2.24) is 10.3 Å². The van der Waals surface area contributed by atoms with Gasteiger partial charge in [-0.25, -0.2) is 0 Å². The van der Waals surface area contributed by atoms with Gasteiger partial charge in [-0.15, -0.1) is 0 Å². The molecule has 106 valence electrons. The standard InChI is InChI=1S/C13H17F3N2O/c1-12(2,3)18-7-5-11(19)9-8-17-6-4-10(9)13(14,15)16/h4,6,8,18H,5,7H2,1-3H3. The van der Waals surface area contributed by atoms with E-state index in [0.717, 1.165) is 18.5 Å². The molecule has 0 bridgehead atoms. The van der Waals surface area contributed by atoms with E-state index in [-0.39, 0.29) is 17.5 Å². The summed E-state index contributed by atoms with van der Waals surface area (Å²) in [5.74, 6) is -0.558. The van der Waals surface area contributed by atoms with Crippen molar-refractivity contribution in [3.8, 4) is 0 Å². The Morgan fingerprint density at radius 1 is 1.32 bits per heavy atom. The van der Waals surface area contributed by atoms with Crippen LogP contribution in [-0.2, 0) is 6.18 Å². The second kappa shape index (κ2) is 5.69. The third kappa shape index (κ3) is 4.98. The Balaban J connectivity index is 2.78. The van der Waals surface area contributed by atoms with Gasteiger partial charge >= 0.3 is 6.18 Å². The zero-order chi connectivity index (χ0) is 14.7. The highest BCUT2D eigenvalue weighted by Gasteiger charge is 2.34. The maximum atomic E-state index is 12.7. The molecule has 1 aromatic rings. The van der Waals surface area contributed by atoms with Crippen LogP contribution in [0.1, 0.15) is 43.1 Å². The molecule has 1 aromatic heterocycles. The van der Waals surface area contributed by atoms with Crippen molar-refractivity contribution < 1.29 is 18.0 Å². The van der Waals surface area contributed by atoms with Gasteiger partial charge in [0, 0.05) is 36.5 Å². The first-order valence-corrected chi connectivity index (χ1v) is 5.91. The van der Waals surface area contributed by atoms with Gasteiger partial charge in [0.2, 0.25) is 0 Å². The lowest BCUT2D eigenvalue weighted by Gasteiger charge is -2.20. The predicted molar refractivity (Wildman–Crippen MR) is 65.9 cm³/mol. The summed E-state index contributed by atoms with van der Waals surface area (Å²) in [6.07, 6.45) is -2.52. The Labute approximate surface area is 110 Å². The minimum atomic E-state index is -4.54. The summed E-state index contributed by atoms with van der Waals surface area (Å²) in [7, 11) is 0. The van der Waals surface area contributed by atoms with Gasteiger partial charge in [-0.05, 0) is 26.8 Å². The van der Waals surface area contributed by atoms with Gasteiger partial charge in [-0.3, -0.25) is 9.78 Å². The summed E-state index contributed by atoms with van der Waals surface area (Å²) in [6.45, 7) is 6.09. The van der Waals surface area contributed by atoms with Crippen LogP contribution >= 0.6 is 0 Å². The van der Waals surface area contributed by atoms with E-state index in [9.17, 15) is 18.0 Å². The fourth-order valence-electron chi connectivity index (χ4n) is 1.55. The molecule has 0 saturated heterocycles. The highest BCUT2D eigenvalue weighted by Crippen LogP contribution is 2.31. The average molecular weight is 274 g/mol. The molecule has 6 heteroatoms. The van der Waals surface area contributed by atoms with E-state index in [1.54, 1.807) is 0 Å². The molecule has 0 radical (unpaired) electrons. The van der Waals surface area contributed by atoms with E-state index in [4.69, 9.17) is 0 Å². The maximum Gasteiger partial charge on any atom is 0.417 e. The lowest BCUT2D eigenvalue weighted by Crippen LogP contribution is -2.37. The summed E-state index contributed by atoms with van der Waals surface area (Å²) in [5.41, 5.74) is -1.48. The minimum absolute atomic E-state index is 0.00600. The Bertz CT molecular complexity index is 450. The highest BCUT2D eigenvalue weighted by atomic mass is 19.4. The highest BCUT2D eigenvalue weighted by molar-refractivity contribution is 5.97. The number of Topliss-reactive ketones (excluding diaryl/α,β-unsaturated/α-hetero) is 1. The summed E-state index contributed by atoms with van der Waals surface area (Å²) in [5, 5.41) is 3.06. The fourth-order valence-corrected chi connectivity index (χ4v) is 1.55. The first-order chi connectivity index (χ1) is 8.61. The van der Waals surface area contributed by atoms with E-state index in [1.165, 1.54) is 0 Å². The number of ketones is 1. The number of hydrogen-bond acceptors (Lipinski definition) is 3. The van der Waals surface area contributed by atoms with Gasteiger partial charge in [0.1, 0.15) is 0 Å². The molecule has 0 aliphatic carbocycles. The summed E-state index contributed by atoms with van der Waals surface area (Å²) in [6, 6.07) is 0.824. The van der Waals surface area contributed by atoms with E-state index in [1.807, 2.05) is 20.8 Å². The average Bonchev–Trinajstić information content (AvgIpc) is 2.26. The van der Waals surface area contributed by atoms with Gasteiger partial charge in [-0.2, -0.15) is 13.2 Å². The molecule has 0 unspecified atom stereocenters. The van der Waals surface area contributed by atoms with Crippen molar-refractivity contribution >= 4 is 5.78 Å². The van der Waals surface area contributed by atoms with Crippen LogP contribution in [0.4, 0.5) is 13.2 Å². The second-order valence-corrected chi connectivity index (χ2v) is 5.27. The molecule has 1 heterocycles. The van der Waals surface area contributed by atoms with Crippen LogP contribution in [0.15, 0.2) is 18.5 Å². The zero-order valence-corrected chi connectivity index (χ0v) is 11.1. The molecule has 0 fully saturated rings. The smallest absolute Gasteiger partial charge is 0.312 e. The van der Waals surface area contributed by atoms with Crippen molar-refractivity contribution in [3.05, 3.63) is 29.6 Å². The van der Waals surface area contributed by atoms with Crippen LogP contribution in [-0.4, -0.2) is 22.9 Å². The topological polar surface area (TPSA) is 42.0 Å². The number of carbonyl (C=O) groups is 1. The molecule has 0 aliphatic rings. The number of pyridine rings is 1. The third-order valence-corrected chi connectivity index (χ3v) is 2.43. The molecular formula is C13H17F3N2O.